The lowest BCUT2D eigenvalue weighted by atomic mass is 10.0. The van der Waals surface area contributed by atoms with E-state index in [0.717, 1.165) is 10.0 Å². The van der Waals surface area contributed by atoms with Crippen LogP contribution < -0.4 is 4.74 Å². The van der Waals surface area contributed by atoms with Crippen LogP contribution in [-0.2, 0) is 0 Å². The summed E-state index contributed by atoms with van der Waals surface area (Å²) < 4.78 is 20.2. The first-order valence-electron chi connectivity index (χ1n) is 6.24. The topological polar surface area (TPSA) is 26.3 Å². The first-order valence-corrected chi connectivity index (χ1v) is 7.03. The average molecular weight is 337 g/mol. The molecule has 0 N–H and O–H groups in total. The maximum absolute atomic E-state index is 13.6. The monoisotopic (exact) mass is 336 g/mol. The molecule has 2 rings (SSSR count). The highest BCUT2D eigenvalue weighted by Crippen LogP contribution is 2.34. The quantitative estimate of drug-likeness (QED) is 0.706. The summed E-state index contributed by atoms with van der Waals surface area (Å²) in [7, 11) is 0. The van der Waals surface area contributed by atoms with Gasteiger partial charge in [0, 0.05) is 4.47 Å². The van der Waals surface area contributed by atoms with E-state index in [2.05, 4.69) is 15.9 Å². The van der Waals surface area contributed by atoms with Crippen molar-refractivity contribution >= 4 is 22.2 Å². The third kappa shape index (κ3) is 3.07. The van der Waals surface area contributed by atoms with Crippen LogP contribution in [-0.4, -0.2) is 6.29 Å². The van der Waals surface area contributed by atoms with Gasteiger partial charge in [-0.1, -0.05) is 35.8 Å². The van der Waals surface area contributed by atoms with E-state index in [-0.39, 0.29) is 17.2 Å². The second-order valence-electron chi connectivity index (χ2n) is 4.71. The summed E-state index contributed by atoms with van der Waals surface area (Å²) in [5, 5.41) is 0. The molecule has 2 aromatic rings. The fourth-order valence-electron chi connectivity index (χ4n) is 1.90. The molecule has 0 radical (unpaired) electrons. The zero-order chi connectivity index (χ0) is 14.7. The second kappa shape index (κ2) is 6.18. The Morgan fingerprint density at radius 3 is 2.60 bits per heavy atom. The molecule has 2 aromatic carbocycles. The molecule has 0 aliphatic carbocycles. The standard InChI is InChI=1S/C16H14BrFO2/c1-10(2)12-8-11(17)6-7-16(12)20-15-5-3-4-14(18)13(15)9-19/h3-10H,1-2H3. The Bertz CT molecular complexity index is 638. The van der Waals surface area contributed by atoms with Crippen molar-refractivity contribution in [1.29, 1.82) is 0 Å². The van der Waals surface area contributed by atoms with Gasteiger partial charge < -0.3 is 4.74 Å². The van der Waals surface area contributed by atoms with E-state index in [4.69, 9.17) is 4.74 Å². The van der Waals surface area contributed by atoms with Crippen LogP contribution in [0.15, 0.2) is 40.9 Å². The smallest absolute Gasteiger partial charge is 0.156 e. The maximum Gasteiger partial charge on any atom is 0.156 e. The van der Waals surface area contributed by atoms with Crippen LogP contribution in [0.1, 0.15) is 35.7 Å². The highest BCUT2D eigenvalue weighted by atomic mass is 79.9. The summed E-state index contributed by atoms with van der Waals surface area (Å²) in [6.45, 7) is 4.09. The van der Waals surface area contributed by atoms with Gasteiger partial charge in [0.25, 0.3) is 0 Å². The number of hydrogen-bond donors (Lipinski definition) is 0. The number of hydrogen-bond acceptors (Lipinski definition) is 2. The number of aldehydes is 1. The van der Waals surface area contributed by atoms with E-state index in [1.807, 2.05) is 26.0 Å². The minimum Gasteiger partial charge on any atom is -0.456 e. The summed E-state index contributed by atoms with van der Waals surface area (Å²) in [6.07, 6.45) is 0.471. The lowest BCUT2D eigenvalue weighted by molar-refractivity contribution is 0.111. The molecule has 0 saturated heterocycles. The maximum atomic E-state index is 13.6. The van der Waals surface area contributed by atoms with E-state index in [0.29, 0.717) is 12.0 Å². The zero-order valence-corrected chi connectivity index (χ0v) is 12.8. The first kappa shape index (κ1) is 14.7. The van der Waals surface area contributed by atoms with E-state index in [1.165, 1.54) is 12.1 Å². The third-order valence-corrected chi connectivity index (χ3v) is 3.44. The molecular weight excluding hydrogens is 323 g/mol. The van der Waals surface area contributed by atoms with E-state index in [1.54, 1.807) is 12.1 Å². The normalized spacial score (nSPS) is 10.7. The van der Waals surface area contributed by atoms with Crippen LogP contribution in [0.5, 0.6) is 11.5 Å². The van der Waals surface area contributed by atoms with E-state index in [9.17, 15) is 9.18 Å². The number of ether oxygens (including phenoxy) is 1. The Kier molecular flexibility index (Phi) is 4.55. The average Bonchev–Trinajstić information content (AvgIpc) is 2.41. The summed E-state index contributed by atoms with van der Waals surface area (Å²) >= 11 is 3.42. The van der Waals surface area contributed by atoms with Crippen molar-refractivity contribution in [3.63, 3.8) is 0 Å². The van der Waals surface area contributed by atoms with Gasteiger partial charge in [-0.2, -0.15) is 0 Å². The zero-order valence-electron chi connectivity index (χ0n) is 11.2. The van der Waals surface area contributed by atoms with Crippen LogP contribution in [0.25, 0.3) is 0 Å². The molecule has 0 bridgehead atoms. The van der Waals surface area contributed by atoms with Crippen LogP contribution in [0.4, 0.5) is 4.39 Å². The lowest BCUT2D eigenvalue weighted by Gasteiger charge is -2.15. The highest BCUT2D eigenvalue weighted by molar-refractivity contribution is 9.10. The Balaban J connectivity index is 2.45. The van der Waals surface area contributed by atoms with Crippen molar-refractivity contribution in [3.05, 3.63) is 57.8 Å². The third-order valence-electron chi connectivity index (χ3n) is 2.94. The molecule has 0 fully saturated rings. The SMILES string of the molecule is CC(C)c1cc(Br)ccc1Oc1cccc(F)c1C=O. The molecular formula is C16H14BrFO2. The fourth-order valence-corrected chi connectivity index (χ4v) is 2.28. The van der Waals surface area contributed by atoms with Gasteiger partial charge in [-0.3, -0.25) is 4.79 Å². The molecule has 20 heavy (non-hydrogen) atoms. The Labute approximate surface area is 125 Å². The van der Waals surface area contributed by atoms with Crippen LogP contribution in [0, 0.1) is 5.82 Å². The molecule has 0 aromatic heterocycles. The largest absolute Gasteiger partial charge is 0.456 e. The molecule has 104 valence electrons. The Hall–Kier alpha value is -1.68. The summed E-state index contributed by atoms with van der Waals surface area (Å²) in [4.78, 5) is 11.0. The van der Waals surface area contributed by atoms with Gasteiger partial charge in [-0.05, 0) is 41.8 Å². The van der Waals surface area contributed by atoms with Crippen molar-refractivity contribution in [2.45, 2.75) is 19.8 Å². The van der Waals surface area contributed by atoms with Crippen molar-refractivity contribution in [3.8, 4) is 11.5 Å². The van der Waals surface area contributed by atoms with Crippen molar-refractivity contribution in [2.75, 3.05) is 0 Å². The van der Waals surface area contributed by atoms with Crippen LogP contribution in [0.3, 0.4) is 0 Å². The summed E-state index contributed by atoms with van der Waals surface area (Å²) in [5.41, 5.74) is 0.922. The molecule has 0 saturated carbocycles. The minimum absolute atomic E-state index is 0.0647. The number of carbonyl (C=O) groups is 1. The van der Waals surface area contributed by atoms with E-state index < -0.39 is 5.82 Å². The Morgan fingerprint density at radius 1 is 1.20 bits per heavy atom. The van der Waals surface area contributed by atoms with Crippen molar-refractivity contribution < 1.29 is 13.9 Å². The van der Waals surface area contributed by atoms with Gasteiger partial charge in [-0.25, -0.2) is 4.39 Å². The van der Waals surface area contributed by atoms with Gasteiger partial charge in [-0.15, -0.1) is 0 Å². The molecule has 0 aliphatic heterocycles. The number of halogens is 2. The minimum atomic E-state index is -0.583. The molecule has 2 nitrogen and oxygen atoms in total. The number of carbonyl (C=O) groups excluding carboxylic acids is 1. The first-order chi connectivity index (χ1) is 9.52. The number of rotatable bonds is 4. The van der Waals surface area contributed by atoms with Gasteiger partial charge in [0.2, 0.25) is 0 Å². The van der Waals surface area contributed by atoms with Crippen LogP contribution >= 0.6 is 15.9 Å². The van der Waals surface area contributed by atoms with Gasteiger partial charge in [0.05, 0.1) is 5.56 Å². The number of benzene rings is 2. The Morgan fingerprint density at radius 2 is 1.95 bits per heavy atom. The predicted molar refractivity (Wildman–Crippen MR) is 80.1 cm³/mol. The molecule has 4 heteroatoms. The summed E-state index contributed by atoms with van der Waals surface area (Å²) in [6, 6.07) is 9.95. The van der Waals surface area contributed by atoms with Crippen molar-refractivity contribution in [2.24, 2.45) is 0 Å². The van der Waals surface area contributed by atoms with Crippen molar-refractivity contribution in [1.82, 2.24) is 0 Å². The molecule has 0 atom stereocenters. The molecule has 0 unspecified atom stereocenters. The van der Waals surface area contributed by atoms with Crippen LogP contribution in [0.2, 0.25) is 0 Å². The molecule has 0 heterocycles. The highest BCUT2D eigenvalue weighted by Gasteiger charge is 2.13. The fraction of sp³-hybridized carbons (Fsp3) is 0.188. The van der Waals surface area contributed by atoms with Gasteiger partial charge in [0.1, 0.15) is 17.3 Å². The molecule has 0 amide bonds. The predicted octanol–water partition coefficient (Wildman–Crippen LogP) is 5.32. The molecule has 0 spiro atoms. The van der Waals surface area contributed by atoms with Gasteiger partial charge in [0.15, 0.2) is 6.29 Å². The molecule has 0 aliphatic rings. The van der Waals surface area contributed by atoms with E-state index >= 15 is 0 Å². The second-order valence-corrected chi connectivity index (χ2v) is 5.62. The summed E-state index contributed by atoms with van der Waals surface area (Å²) in [5.74, 6) is 0.512. The van der Waals surface area contributed by atoms with Gasteiger partial charge >= 0.3 is 0 Å². The lowest BCUT2D eigenvalue weighted by Crippen LogP contribution is -1.98.